The van der Waals surface area contributed by atoms with Crippen LogP contribution in [0, 0.1) is 0 Å². The molecular weight excluding hydrogens is 248 g/mol. The number of nitrogens with one attached hydrogen (secondary N) is 1. The lowest BCUT2D eigenvalue weighted by molar-refractivity contribution is 0.779. The standard InChI is InChI=1S/C16H22N4/c1-4-7-12-8-5-6-9-13(12)18-15-10-14(17)19-16(20-15)11(2)3/h5-6,8-11H,4,7H2,1-3H3,(H3,17,18,19,20). The molecule has 1 aromatic heterocycles. The first-order chi connectivity index (χ1) is 9.60. The minimum absolute atomic E-state index is 0.255. The molecule has 20 heavy (non-hydrogen) atoms. The largest absolute Gasteiger partial charge is 0.384 e. The van der Waals surface area contributed by atoms with Crippen LogP contribution in [0.15, 0.2) is 30.3 Å². The highest BCUT2D eigenvalue weighted by atomic mass is 15.1. The Kier molecular flexibility index (Phi) is 4.56. The molecular formula is C16H22N4. The molecule has 2 rings (SSSR count). The summed E-state index contributed by atoms with van der Waals surface area (Å²) in [6, 6.07) is 10.1. The van der Waals surface area contributed by atoms with Gasteiger partial charge in [-0.25, -0.2) is 9.97 Å². The van der Waals surface area contributed by atoms with E-state index in [1.165, 1.54) is 5.56 Å². The number of aryl methyl sites for hydroxylation is 1. The van der Waals surface area contributed by atoms with Crippen molar-refractivity contribution in [2.45, 2.75) is 39.5 Å². The highest BCUT2D eigenvalue weighted by Gasteiger charge is 2.08. The summed E-state index contributed by atoms with van der Waals surface area (Å²) in [5.74, 6) is 2.27. The maximum atomic E-state index is 5.86. The summed E-state index contributed by atoms with van der Waals surface area (Å²) in [5, 5.41) is 3.36. The molecule has 0 saturated heterocycles. The van der Waals surface area contributed by atoms with Gasteiger partial charge in [0.25, 0.3) is 0 Å². The van der Waals surface area contributed by atoms with Crippen LogP contribution in [0.25, 0.3) is 0 Å². The van der Waals surface area contributed by atoms with Gasteiger partial charge in [0.05, 0.1) is 0 Å². The molecule has 0 fully saturated rings. The number of nitrogen functional groups attached to an aromatic ring is 1. The maximum Gasteiger partial charge on any atom is 0.136 e. The summed E-state index contributed by atoms with van der Waals surface area (Å²) >= 11 is 0. The van der Waals surface area contributed by atoms with Gasteiger partial charge in [0.15, 0.2) is 0 Å². The lowest BCUT2D eigenvalue weighted by Gasteiger charge is -2.13. The first-order valence-electron chi connectivity index (χ1n) is 7.09. The summed E-state index contributed by atoms with van der Waals surface area (Å²) in [7, 11) is 0. The molecule has 2 aromatic rings. The van der Waals surface area contributed by atoms with Crippen molar-refractivity contribution < 1.29 is 0 Å². The smallest absolute Gasteiger partial charge is 0.136 e. The number of nitrogens with zero attached hydrogens (tertiary/aromatic N) is 2. The van der Waals surface area contributed by atoms with Gasteiger partial charge in [0.2, 0.25) is 0 Å². The highest BCUT2D eigenvalue weighted by Crippen LogP contribution is 2.23. The first kappa shape index (κ1) is 14.3. The second-order valence-electron chi connectivity index (χ2n) is 5.22. The van der Waals surface area contributed by atoms with Crippen LogP contribution in [0.5, 0.6) is 0 Å². The van der Waals surface area contributed by atoms with E-state index in [1.54, 1.807) is 6.07 Å². The minimum atomic E-state index is 0.255. The summed E-state index contributed by atoms with van der Waals surface area (Å²) < 4.78 is 0. The van der Waals surface area contributed by atoms with Crippen LogP contribution in [-0.4, -0.2) is 9.97 Å². The van der Waals surface area contributed by atoms with E-state index in [1.807, 2.05) is 6.07 Å². The number of hydrogen-bond donors (Lipinski definition) is 2. The van der Waals surface area contributed by atoms with Crippen LogP contribution in [-0.2, 0) is 6.42 Å². The summed E-state index contributed by atoms with van der Waals surface area (Å²) in [6.45, 7) is 6.30. The van der Waals surface area contributed by atoms with Gasteiger partial charge in [-0.1, -0.05) is 45.4 Å². The molecule has 0 aliphatic heterocycles. The van der Waals surface area contributed by atoms with Gasteiger partial charge in [-0.2, -0.15) is 0 Å². The number of benzene rings is 1. The Morgan fingerprint density at radius 3 is 2.65 bits per heavy atom. The Hall–Kier alpha value is -2.10. The topological polar surface area (TPSA) is 63.8 Å². The van der Waals surface area contributed by atoms with E-state index in [4.69, 9.17) is 5.73 Å². The predicted octanol–water partition coefficient (Wildman–Crippen LogP) is 3.88. The van der Waals surface area contributed by atoms with Crippen molar-refractivity contribution in [2.24, 2.45) is 0 Å². The normalized spacial score (nSPS) is 10.8. The van der Waals surface area contributed by atoms with E-state index >= 15 is 0 Å². The van der Waals surface area contributed by atoms with E-state index in [0.29, 0.717) is 5.82 Å². The van der Waals surface area contributed by atoms with Crippen LogP contribution in [0.1, 0.15) is 44.5 Å². The monoisotopic (exact) mass is 270 g/mol. The molecule has 0 aliphatic rings. The summed E-state index contributed by atoms with van der Waals surface area (Å²) in [6.07, 6.45) is 2.16. The van der Waals surface area contributed by atoms with Crippen LogP contribution >= 0.6 is 0 Å². The molecule has 0 unspecified atom stereocenters. The highest BCUT2D eigenvalue weighted by molar-refractivity contribution is 5.62. The molecule has 0 bridgehead atoms. The lowest BCUT2D eigenvalue weighted by atomic mass is 10.1. The first-order valence-corrected chi connectivity index (χ1v) is 7.09. The van der Waals surface area contributed by atoms with Crippen molar-refractivity contribution >= 4 is 17.3 Å². The fraction of sp³-hybridized carbons (Fsp3) is 0.375. The Bertz CT molecular complexity index is 578. The number of hydrogen-bond acceptors (Lipinski definition) is 4. The summed E-state index contributed by atoms with van der Waals surface area (Å²) in [5.41, 5.74) is 8.23. The van der Waals surface area contributed by atoms with Crippen molar-refractivity contribution in [2.75, 3.05) is 11.1 Å². The van der Waals surface area contributed by atoms with E-state index in [0.717, 1.165) is 30.2 Å². The van der Waals surface area contributed by atoms with Gasteiger partial charge >= 0.3 is 0 Å². The zero-order valence-electron chi connectivity index (χ0n) is 12.4. The third-order valence-corrected chi connectivity index (χ3v) is 3.08. The number of rotatable bonds is 5. The van der Waals surface area contributed by atoms with Gasteiger partial charge in [-0.05, 0) is 18.1 Å². The maximum absolute atomic E-state index is 5.86. The number of para-hydroxylation sites is 1. The average molecular weight is 270 g/mol. The van der Waals surface area contributed by atoms with Crippen LogP contribution in [0.2, 0.25) is 0 Å². The SMILES string of the molecule is CCCc1ccccc1Nc1cc(N)nc(C(C)C)n1. The molecule has 0 amide bonds. The van der Waals surface area contributed by atoms with Crippen LogP contribution < -0.4 is 11.1 Å². The Morgan fingerprint density at radius 2 is 1.95 bits per heavy atom. The van der Waals surface area contributed by atoms with E-state index in [9.17, 15) is 0 Å². The van der Waals surface area contributed by atoms with Crippen molar-refractivity contribution in [1.29, 1.82) is 0 Å². The van der Waals surface area contributed by atoms with E-state index < -0.39 is 0 Å². The Morgan fingerprint density at radius 1 is 1.20 bits per heavy atom. The quantitative estimate of drug-likeness (QED) is 0.865. The molecule has 3 N–H and O–H groups in total. The van der Waals surface area contributed by atoms with Crippen molar-refractivity contribution in [3.63, 3.8) is 0 Å². The molecule has 0 radical (unpaired) electrons. The second kappa shape index (κ2) is 6.37. The van der Waals surface area contributed by atoms with Gasteiger partial charge in [0.1, 0.15) is 17.5 Å². The fourth-order valence-electron chi connectivity index (χ4n) is 2.08. The van der Waals surface area contributed by atoms with E-state index in [2.05, 4.69) is 54.3 Å². The van der Waals surface area contributed by atoms with Gasteiger partial charge in [-0.15, -0.1) is 0 Å². The second-order valence-corrected chi connectivity index (χ2v) is 5.22. The van der Waals surface area contributed by atoms with E-state index in [-0.39, 0.29) is 5.92 Å². The molecule has 0 aliphatic carbocycles. The number of anilines is 3. The Balaban J connectivity index is 2.30. The van der Waals surface area contributed by atoms with Crippen molar-refractivity contribution in [1.82, 2.24) is 9.97 Å². The molecule has 1 heterocycles. The Labute approximate surface area is 120 Å². The van der Waals surface area contributed by atoms with Gasteiger partial charge < -0.3 is 11.1 Å². The molecule has 0 atom stereocenters. The molecule has 0 spiro atoms. The lowest BCUT2D eigenvalue weighted by Crippen LogP contribution is -2.05. The predicted molar refractivity (Wildman–Crippen MR) is 84.3 cm³/mol. The zero-order valence-corrected chi connectivity index (χ0v) is 12.4. The van der Waals surface area contributed by atoms with Gasteiger partial charge in [-0.3, -0.25) is 0 Å². The average Bonchev–Trinajstić information content (AvgIpc) is 2.40. The van der Waals surface area contributed by atoms with Gasteiger partial charge in [0, 0.05) is 17.7 Å². The third kappa shape index (κ3) is 3.47. The molecule has 4 nitrogen and oxygen atoms in total. The molecule has 1 aromatic carbocycles. The minimum Gasteiger partial charge on any atom is -0.384 e. The molecule has 106 valence electrons. The number of aromatic nitrogens is 2. The van der Waals surface area contributed by atoms with Crippen LogP contribution in [0.4, 0.5) is 17.3 Å². The zero-order chi connectivity index (χ0) is 14.5. The van der Waals surface area contributed by atoms with Crippen molar-refractivity contribution in [3.05, 3.63) is 41.7 Å². The van der Waals surface area contributed by atoms with Crippen LogP contribution in [0.3, 0.4) is 0 Å². The molecule has 0 saturated carbocycles. The summed E-state index contributed by atoms with van der Waals surface area (Å²) in [4.78, 5) is 8.79. The third-order valence-electron chi connectivity index (χ3n) is 3.08. The molecule has 4 heteroatoms. The fourth-order valence-corrected chi connectivity index (χ4v) is 2.08. The number of nitrogens with two attached hydrogens (primary N) is 1. The van der Waals surface area contributed by atoms with Crippen molar-refractivity contribution in [3.8, 4) is 0 Å².